The van der Waals surface area contributed by atoms with E-state index in [-0.39, 0.29) is 0 Å². The summed E-state index contributed by atoms with van der Waals surface area (Å²) in [6, 6.07) is 6.09. The SMILES string of the molecule is CC(C1CCOC1)n1c(CCl)nc2cccc(Cl)c21. The molecule has 2 atom stereocenters. The molecule has 0 spiro atoms. The van der Waals surface area contributed by atoms with Gasteiger partial charge in [-0.3, -0.25) is 0 Å². The molecule has 0 N–H and O–H groups in total. The zero-order chi connectivity index (χ0) is 13.4. The molecule has 0 aliphatic carbocycles. The third-order valence-electron chi connectivity index (χ3n) is 3.91. The second kappa shape index (κ2) is 5.31. The molecule has 19 heavy (non-hydrogen) atoms. The van der Waals surface area contributed by atoms with Crippen molar-refractivity contribution in [2.75, 3.05) is 13.2 Å². The van der Waals surface area contributed by atoms with Crippen LogP contribution in [0.25, 0.3) is 11.0 Å². The molecule has 0 amide bonds. The number of hydrogen-bond donors (Lipinski definition) is 0. The van der Waals surface area contributed by atoms with Crippen molar-refractivity contribution in [2.24, 2.45) is 5.92 Å². The maximum absolute atomic E-state index is 6.35. The molecule has 1 saturated heterocycles. The average molecular weight is 299 g/mol. The van der Waals surface area contributed by atoms with Gasteiger partial charge in [0.1, 0.15) is 5.82 Å². The van der Waals surface area contributed by atoms with Gasteiger partial charge in [0, 0.05) is 18.6 Å². The number of benzene rings is 1. The van der Waals surface area contributed by atoms with E-state index in [1.807, 2.05) is 18.2 Å². The third kappa shape index (κ3) is 2.24. The lowest BCUT2D eigenvalue weighted by Crippen LogP contribution is -2.18. The first kappa shape index (κ1) is 13.2. The summed E-state index contributed by atoms with van der Waals surface area (Å²) >= 11 is 12.4. The molecule has 1 fully saturated rings. The van der Waals surface area contributed by atoms with E-state index >= 15 is 0 Å². The molecule has 0 radical (unpaired) electrons. The Morgan fingerprint density at radius 2 is 2.37 bits per heavy atom. The number of fused-ring (bicyclic) bond motifs is 1. The summed E-state index contributed by atoms with van der Waals surface area (Å²) in [5.41, 5.74) is 1.90. The van der Waals surface area contributed by atoms with Gasteiger partial charge in [-0.1, -0.05) is 17.7 Å². The lowest BCUT2D eigenvalue weighted by atomic mass is 10.0. The summed E-state index contributed by atoms with van der Waals surface area (Å²) in [6.45, 7) is 3.83. The Labute approximate surface area is 122 Å². The minimum atomic E-state index is 0.293. The van der Waals surface area contributed by atoms with E-state index in [1.54, 1.807) is 0 Å². The molecule has 102 valence electrons. The first-order valence-electron chi connectivity index (χ1n) is 6.51. The lowest BCUT2D eigenvalue weighted by molar-refractivity contribution is 0.175. The van der Waals surface area contributed by atoms with Crippen LogP contribution in [0.15, 0.2) is 18.2 Å². The van der Waals surface area contributed by atoms with Gasteiger partial charge in [-0.2, -0.15) is 0 Å². The summed E-state index contributed by atoms with van der Waals surface area (Å²) in [6.07, 6.45) is 1.08. The van der Waals surface area contributed by atoms with E-state index in [9.17, 15) is 0 Å². The van der Waals surface area contributed by atoms with Crippen LogP contribution in [0.1, 0.15) is 25.2 Å². The highest BCUT2D eigenvalue weighted by atomic mass is 35.5. The van der Waals surface area contributed by atoms with Crippen LogP contribution in [0.2, 0.25) is 5.02 Å². The largest absolute Gasteiger partial charge is 0.381 e. The fourth-order valence-corrected chi connectivity index (χ4v) is 3.28. The van der Waals surface area contributed by atoms with Gasteiger partial charge in [0.05, 0.1) is 28.5 Å². The second-order valence-electron chi connectivity index (χ2n) is 5.00. The second-order valence-corrected chi connectivity index (χ2v) is 5.68. The van der Waals surface area contributed by atoms with E-state index < -0.39 is 0 Å². The van der Waals surface area contributed by atoms with Crippen molar-refractivity contribution in [3.05, 3.63) is 29.0 Å². The highest BCUT2D eigenvalue weighted by molar-refractivity contribution is 6.35. The third-order valence-corrected chi connectivity index (χ3v) is 4.45. The summed E-state index contributed by atoms with van der Waals surface area (Å²) in [5.74, 6) is 1.77. The van der Waals surface area contributed by atoms with E-state index in [0.29, 0.717) is 17.8 Å². The fraction of sp³-hybridized carbons (Fsp3) is 0.500. The van der Waals surface area contributed by atoms with Crippen LogP contribution in [-0.2, 0) is 10.6 Å². The van der Waals surface area contributed by atoms with Crippen LogP contribution >= 0.6 is 23.2 Å². The van der Waals surface area contributed by atoms with Crippen LogP contribution < -0.4 is 0 Å². The van der Waals surface area contributed by atoms with E-state index in [4.69, 9.17) is 27.9 Å². The number of ether oxygens (including phenoxy) is 1. The van der Waals surface area contributed by atoms with Crippen LogP contribution in [0.4, 0.5) is 0 Å². The Balaban J connectivity index is 2.14. The molecule has 1 aliphatic rings. The monoisotopic (exact) mass is 298 g/mol. The molecule has 3 nitrogen and oxygen atoms in total. The number of nitrogens with zero attached hydrogens (tertiary/aromatic N) is 2. The Bertz CT molecular complexity index is 590. The molecule has 2 unspecified atom stereocenters. The van der Waals surface area contributed by atoms with Crippen molar-refractivity contribution in [3.63, 3.8) is 0 Å². The van der Waals surface area contributed by atoms with Crippen molar-refractivity contribution in [2.45, 2.75) is 25.3 Å². The maximum atomic E-state index is 6.35. The van der Waals surface area contributed by atoms with Gasteiger partial charge < -0.3 is 9.30 Å². The van der Waals surface area contributed by atoms with Gasteiger partial charge in [0.25, 0.3) is 0 Å². The average Bonchev–Trinajstić information content (AvgIpc) is 3.05. The fourth-order valence-electron chi connectivity index (χ4n) is 2.83. The molecule has 1 aliphatic heterocycles. The molecule has 0 bridgehead atoms. The van der Waals surface area contributed by atoms with Crippen molar-refractivity contribution in [1.82, 2.24) is 9.55 Å². The molecular formula is C14H16Cl2N2O. The van der Waals surface area contributed by atoms with E-state index in [1.165, 1.54) is 0 Å². The van der Waals surface area contributed by atoms with Gasteiger partial charge in [-0.25, -0.2) is 4.98 Å². The molecule has 2 heterocycles. The van der Waals surface area contributed by atoms with Crippen LogP contribution in [0, 0.1) is 5.92 Å². The minimum Gasteiger partial charge on any atom is -0.381 e. The number of alkyl halides is 1. The standard InChI is InChI=1S/C14H16Cl2N2O/c1-9(10-5-6-19-8-10)18-13(7-15)17-12-4-2-3-11(16)14(12)18/h2-4,9-10H,5-8H2,1H3. The van der Waals surface area contributed by atoms with Crippen LogP contribution in [0.5, 0.6) is 0 Å². The lowest BCUT2D eigenvalue weighted by Gasteiger charge is -2.22. The van der Waals surface area contributed by atoms with Gasteiger partial charge >= 0.3 is 0 Å². The number of hydrogen-bond acceptors (Lipinski definition) is 2. The molecule has 3 rings (SSSR count). The number of imidazole rings is 1. The molecular weight excluding hydrogens is 283 g/mol. The number of rotatable bonds is 3. The molecule has 0 saturated carbocycles. The summed E-state index contributed by atoms with van der Waals surface area (Å²) in [4.78, 5) is 4.59. The van der Waals surface area contributed by atoms with Gasteiger partial charge in [0.15, 0.2) is 0 Å². The normalized spacial score (nSPS) is 21.1. The number of aromatic nitrogens is 2. The number of halogens is 2. The van der Waals surface area contributed by atoms with Crippen molar-refractivity contribution >= 4 is 34.2 Å². The smallest absolute Gasteiger partial charge is 0.125 e. The molecule has 2 aromatic rings. The maximum Gasteiger partial charge on any atom is 0.125 e. The topological polar surface area (TPSA) is 27.1 Å². The summed E-state index contributed by atoms with van der Waals surface area (Å²) in [5, 5.41) is 0.729. The van der Waals surface area contributed by atoms with E-state index in [0.717, 1.165) is 41.5 Å². The predicted molar refractivity (Wildman–Crippen MR) is 77.9 cm³/mol. The van der Waals surface area contributed by atoms with Gasteiger partial charge in [0.2, 0.25) is 0 Å². The summed E-state index contributed by atoms with van der Waals surface area (Å²) < 4.78 is 7.68. The van der Waals surface area contributed by atoms with Crippen molar-refractivity contribution in [3.8, 4) is 0 Å². The first-order chi connectivity index (χ1) is 9.22. The van der Waals surface area contributed by atoms with Crippen molar-refractivity contribution < 1.29 is 4.74 Å². The predicted octanol–water partition coefficient (Wildman–Crippen LogP) is 4.03. The molecule has 1 aromatic heterocycles. The van der Waals surface area contributed by atoms with E-state index in [2.05, 4.69) is 16.5 Å². The molecule has 1 aromatic carbocycles. The quantitative estimate of drug-likeness (QED) is 0.800. The van der Waals surface area contributed by atoms with Crippen LogP contribution in [0.3, 0.4) is 0 Å². The van der Waals surface area contributed by atoms with Gasteiger partial charge in [-0.05, 0) is 25.5 Å². The van der Waals surface area contributed by atoms with Crippen molar-refractivity contribution in [1.29, 1.82) is 0 Å². The zero-order valence-electron chi connectivity index (χ0n) is 10.8. The Morgan fingerprint density at radius 1 is 1.53 bits per heavy atom. The first-order valence-corrected chi connectivity index (χ1v) is 7.42. The Morgan fingerprint density at radius 3 is 3.05 bits per heavy atom. The summed E-state index contributed by atoms with van der Waals surface area (Å²) in [7, 11) is 0. The van der Waals surface area contributed by atoms with Gasteiger partial charge in [-0.15, -0.1) is 11.6 Å². The highest BCUT2D eigenvalue weighted by Crippen LogP contribution is 2.33. The Hall–Kier alpha value is -0.770. The highest BCUT2D eigenvalue weighted by Gasteiger charge is 2.27. The number of para-hydroxylation sites is 1. The zero-order valence-corrected chi connectivity index (χ0v) is 12.3. The van der Waals surface area contributed by atoms with Crippen LogP contribution in [-0.4, -0.2) is 22.8 Å². The minimum absolute atomic E-state index is 0.293. The Kier molecular flexibility index (Phi) is 3.70. The molecule has 5 heteroatoms.